The van der Waals surface area contributed by atoms with Gasteiger partial charge in [0, 0.05) is 25.0 Å². The van der Waals surface area contributed by atoms with Crippen LogP contribution in [0.25, 0.3) is 0 Å². The van der Waals surface area contributed by atoms with E-state index in [9.17, 15) is 4.79 Å². The van der Waals surface area contributed by atoms with E-state index in [4.69, 9.17) is 0 Å². The van der Waals surface area contributed by atoms with Crippen molar-refractivity contribution in [1.29, 1.82) is 0 Å². The number of nitrogens with one attached hydrogen (secondary N) is 2. The quantitative estimate of drug-likeness (QED) is 0.865. The molecule has 0 aliphatic heterocycles. The van der Waals surface area contributed by atoms with Gasteiger partial charge in [-0.1, -0.05) is 38.1 Å². The zero-order valence-corrected chi connectivity index (χ0v) is 12.4. The number of carbonyl (C=O) groups excluding carboxylic acids is 1. The molecule has 2 aliphatic rings. The highest BCUT2D eigenvalue weighted by Gasteiger charge is 2.38. The number of carbonyl (C=O) groups is 1. The summed E-state index contributed by atoms with van der Waals surface area (Å²) in [5, 5.41) is 6.63. The third kappa shape index (κ3) is 2.88. The maximum Gasteiger partial charge on any atom is 0.221 e. The lowest BCUT2D eigenvalue weighted by molar-refractivity contribution is -0.121. The number of rotatable bonds is 5. The van der Waals surface area contributed by atoms with Gasteiger partial charge >= 0.3 is 0 Å². The summed E-state index contributed by atoms with van der Waals surface area (Å²) in [4.78, 5) is 11.7. The van der Waals surface area contributed by atoms with Crippen LogP contribution in [0.15, 0.2) is 24.3 Å². The van der Waals surface area contributed by atoms with E-state index in [1.165, 1.54) is 11.1 Å². The van der Waals surface area contributed by atoms with Gasteiger partial charge in [-0.3, -0.25) is 4.79 Å². The van der Waals surface area contributed by atoms with Crippen LogP contribution < -0.4 is 10.6 Å². The number of amides is 1. The predicted molar refractivity (Wildman–Crippen MR) is 80.5 cm³/mol. The second-order valence-electron chi connectivity index (χ2n) is 6.84. The topological polar surface area (TPSA) is 41.1 Å². The highest BCUT2D eigenvalue weighted by molar-refractivity contribution is 5.76. The Hall–Kier alpha value is -1.35. The molecule has 2 N–H and O–H groups in total. The van der Waals surface area contributed by atoms with Gasteiger partial charge in [0.15, 0.2) is 0 Å². The van der Waals surface area contributed by atoms with Crippen LogP contribution >= 0.6 is 0 Å². The van der Waals surface area contributed by atoms with E-state index >= 15 is 0 Å². The summed E-state index contributed by atoms with van der Waals surface area (Å²) >= 11 is 0. The zero-order chi connectivity index (χ0) is 14.2. The normalized spacial score (nSPS) is 23.4. The molecule has 1 saturated carbocycles. The molecule has 1 amide bonds. The largest absolute Gasteiger partial charge is 0.353 e. The summed E-state index contributed by atoms with van der Waals surface area (Å²) < 4.78 is 0. The minimum Gasteiger partial charge on any atom is -0.353 e. The summed E-state index contributed by atoms with van der Waals surface area (Å²) in [6, 6.07) is 9.47. The van der Waals surface area contributed by atoms with Gasteiger partial charge in [-0.15, -0.1) is 0 Å². The van der Waals surface area contributed by atoms with Gasteiger partial charge in [0.1, 0.15) is 0 Å². The van der Waals surface area contributed by atoms with Crippen LogP contribution in [0.1, 0.15) is 50.3 Å². The molecule has 0 saturated heterocycles. The number of hydrogen-bond donors (Lipinski definition) is 2. The first-order chi connectivity index (χ1) is 9.56. The Morgan fingerprint density at radius 2 is 2.05 bits per heavy atom. The lowest BCUT2D eigenvalue weighted by Crippen LogP contribution is -2.34. The number of benzene rings is 1. The molecule has 0 radical (unpaired) electrons. The van der Waals surface area contributed by atoms with Gasteiger partial charge in [0.05, 0.1) is 0 Å². The van der Waals surface area contributed by atoms with E-state index in [0.717, 1.165) is 25.8 Å². The highest BCUT2D eigenvalue weighted by Crippen LogP contribution is 2.44. The minimum absolute atomic E-state index is 0.184. The van der Waals surface area contributed by atoms with Crippen molar-refractivity contribution in [3.63, 3.8) is 0 Å². The Balaban J connectivity index is 1.57. The fraction of sp³-hybridized carbons (Fsp3) is 0.588. The molecular weight excluding hydrogens is 248 g/mol. The van der Waals surface area contributed by atoms with E-state index in [1.807, 2.05) is 0 Å². The van der Waals surface area contributed by atoms with Gasteiger partial charge in [-0.25, -0.2) is 0 Å². The minimum atomic E-state index is 0.184. The molecule has 1 unspecified atom stereocenters. The van der Waals surface area contributed by atoms with Crippen LogP contribution in [0.4, 0.5) is 0 Å². The Kier molecular flexibility index (Phi) is 3.55. The Morgan fingerprint density at radius 1 is 1.30 bits per heavy atom. The third-order valence-corrected chi connectivity index (χ3v) is 4.44. The molecule has 1 aromatic carbocycles. The summed E-state index contributed by atoms with van der Waals surface area (Å²) in [6.07, 6.45) is 3.99. The first kappa shape index (κ1) is 13.6. The lowest BCUT2D eigenvalue weighted by atomic mass is 9.85. The Morgan fingerprint density at radius 3 is 2.80 bits per heavy atom. The highest BCUT2D eigenvalue weighted by atomic mass is 16.1. The van der Waals surface area contributed by atoms with E-state index in [0.29, 0.717) is 18.5 Å². The van der Waals surface area contributed by atoms with Crippen molar-refractivity contribution < 1.29 is 4.79 Å². The standard InChI is InChI=1S/C17H24N2O/c1-17(2)11-12-5-3-4-6-14(12)16(17)18-10-9-15(20)19-13-7-8-13/h3-6,13,16,18H,7-11H2,1-2H3,(H,19,20). The van der Waals surface area contributed by atoms with Crippen molar-refractivity contribution in [3.8, 4) is 0 Å². The van der Waals surface area contributed by atoms with E-state index in [-0.39, 0.29) is 11.3 Å². The molecule has 0 spiro atoms. The second kappa shape index (κ2) is 5.21. The molecule has 3 nitrogen and oxygen atoms in total. The van der Waals surface area contributed by atoms with Crippen molar-refractivity contribution in [2.45, 2.75) is 51.6 Å². The van der Waals surface area contributed by atoms with Crippen LogP contribution in [0.2, 0.25) is 0 Å². The summed E-state index contributed by atoms with van der Waals surface area (Å²) in [6.45, 7) is 5.35. The number of fused-ring (bicyclic) bond motifs is 1. The first-order valence-corrected chi connectivity index (χ1v) is 7.67. The molecule has 1 atom stereocenters. The average Bonchev–Trinajstić information content (AvgIpc) is 3.14. The van der Waals surface area contributed by atoms with Crippen molar-refractivity contribution in [3.05, 3.63) is 35.4 Å². The van der Waals surface area contributed by atoms with Gasteiger partial charge in [-0.05, 0) is 35.8 Å². The van der Waals surface area contributed by atoms with E-state index in [2.05, 4.69) is 48.7 Å². The molecule has 3 heteroatoms. The Bertz CT molecular complexity index is 505. The number of hydrogen-bond acceptors (Lipinski definition) is 2. The maximum atomic E-state index is 11.7. The van der Waals surface area contributed by atoms with Gasteiger partial charge in [0.2, 0.25) is 5.91 Å². The van der Waals surface area contributed by atoms with Crippen LogP contribution in [0.5, 0.6) is 0 Å². The van der Waals surface area contributed by atoms with E-state index in [1.54, 1.807) is 0 Å². The van der Waals surface area contributed by atoms with Crippen molar-refractivity contribution in [1.82, 2.24) is 10.6 Å². The molecule has 1 aromatic rings. The average molecular weight is 272 g/mol. The van der Waals surface area contributed by atoms with Gasteiger partial charge in [-0.2, -0.15) is 0 Å². The molecule has 0 heterocycles. The second-order valence-corrected chi connectivity index (χ2v) is 6.84. The maximum absolute atomic E-state index is 11.7. The smallest absolute Gasteiger partial charge is 0.221 e. The third-order valence-electron chi connectivity index (χ3n) is 4.44. The molecular formula is C17H24N2O. The fourth-order valence-electron chi connectivity index (χ4n) is 3.23. The molecule has 1 fully saturated rings. The summed E-state index contributed by atoms with van der Waals surface area (Å²) in [5.74, 6) is 0.184. The van der Waals surface area contributed by atoms with Crippen LogP contribution in [-0.2, 0) is 11.2 Å². The van der Waals surface area contributed by atoms with Crippen LogP contribution in [0.3, 0.4) is 0 Å². The molecule has 108 valence electrons. The van der Waals surface area contributed by atoms with E-state index < -0.39 is 0 Å². The predicted octanol–water partition coefficient (Wildman–Crippen LogP) is 2.57. The Labute approximate surface area is 121 Å². The SMILES string of the molecule is CC1(C)Cc2ccccc2C1NCCC(=O)NC1CC1. The first-order valence-electron chi connectivity index (χ1n) is 7.67. The fourth-order valence-corrected chi connectivity index (χ4v) is 3.23. The van der Waals surface area contributed by atoms with Gasteiger partial charge < -0.3 is 10.6 Å². The monoisotopic (exact) mass is 272 g/mol. The van der Waals surface area contributed by atoms with Crippen LogP contribution in [0, 0.1) is 5.41 Å². The van der Waals surface area contributed by atoms with Crippen molar-refractivity contribution >= 4 is 5.91 Å². The molecule has 0 aromatic heterocycles. The lowest BCUT2D eigenvalue weighted by Gasteiger charge is -2.28. The molecule has 3 rings (SSSR count). The molecule has 0 bridgehead atoms. The van der Waals surface area contributed by atoms with Crippen LogP contribution in [-0.4, -0.2) is 18.5 Å². The van der Waals surface area contributed by atoms with Crippen molar-refractivity contribution in [2.75, 3.05) is 6.54 Å². The summed E-state index contributed by atoms with van der Waals surface area (Å²) in [5.41, 5.74) is 3.06. The molecule has 2 aliphatic carbocycles. The van der Waals surface area contributed by atoms with Crippen molar-refractivity contribution in [2.24, 2.45) is 5.41 Å². The zero-order valence-electron chi connectivity index (χ0n) is 12.4. The summed E-state index contributed by atoms with van der Waals surface area (Å²) in [7, 11) is 0. The molecule has 20 heavy (non-hydrogen) atoms. The van der Waals surface area contributed by atoms with Gasteiger partial charge in [0.25, 0.3) is 0 Å².